The van der Waals surface area contributed by atoms with Crippen LogP contribution in [0.2, 0.25) is 0 Å². The summed E-state index contributed by atoms with van der Waals surface area (Å²) in [5.74, 6) is 0.512. The molecule has 186 valence electrons. The van der Waals surface area contributed by atoms with Crippen molar-refractivity contribution >= 4 is 17.7 Å². The number of nitrogens with zero attached hydrogens (tertiary/aromatic N) is 3. The fraction of sp³-hybridized carbons (Fsp3) is 0.500. The van der Waals surface area contributed by atoms with Crippen molar-refractivity contribution in [2.24, 2.45) is 5.92 Å². The van der Waals surface area contributed by atoms with Crippen LogP contribution >= 0.6 is 0 Å². The van der Waals surface area contributed by atoms with E-state index >= 15 is 0 Å². The first-order valence-corrected chi connectivity index (χ1v) is 13.1. The van der Waals surface area contributed by atoms with E-state index < -0.39 is 5.54 Å². The van der Waals surface area contributed by atoms with Gasteiger partial charge in [-0.2, -0.15) is 0 Å². The molecule has 4 aliphatic heterocycles. The molecule has 8 heteroatoms. The molecule has 1 N–H and O–H groups in total. The molecule has 1 aromatic heterocycles. The van der Waals surface area contributed by atoms with Crippen molar-refractivity contribution in [1.29, 1.82) is 0 Å². The number of hydrogen-bond acceptors (Lipinski definition) is 6. The van der Waals surface area contributed by atoms with Gasteiger partial charge in [0, 0.05) is 55.5 Å². The lowest BCUT2D eigenvalue weighted by Crippen LogP contribution is -2.73. The minimum absolute atomic E-state index is 0.127. The van der Waals surface area contributed by atoms with Crippen LogP contribution in [0.1, 0.15) is 65.9 Å². The molecule has 36 heavy (non-hydrogen) atoms. The summed E-state index contributed by atoms with van der Waals surface area (Å²) in [6, 6.07) is 10.3. The van der Waals surface area contributed by atoms with Gasteiger partial charge in [0.25, 0.3) is 11.8 Å². The Kier molecular flexibility index (Phi) is 4.96. The van der Waals surface area contributed by atoms with E-state index in [1.807, 2.05) is 30.6 Å². The number of amides is 3. The number of piperidine rings is 2. The molecule has 8 rings (SSSR count). The van der Waals surface area contributed by atoms with Crippen molar-refractivity contribution in [2.75, 3.05) is 13.1 Å². The smallest absolute Gasteiger partial charge is 0.255 e. The van der Waals surface area contributed by atoms with Gasteiger partial charge in [-0.3, -0.25) is 29.6 Å². The van der Waals surface area contributed by atoms with E-state index in [4.69, 9.17) is 4.74 Å². The van der Waals surface area contributed by atoms with E-state index in [0.29, 0.717) is 36.9 Å². The lowest BCUT2D eigenvalue weighted by atomic mass is 9.63. The summed E-state index contributed by atoms with van der Waals surface area (Å²) in [7, 11) is 0. The molecule has 3 amide bonds. The largest absolute Gasteiger partial charge is 0.489 e. The third-order valence-corrected chi connectivity index (χ3v) is 9.11. The minimum Gasteiger partial charge on any atom is -0.489 e. The number of aromatic nitrogens is 1. The lowest BCUT2D eigenvalue weighted by molar-refractivity contribution is -0.160. The number of nitrogens with one attached hydrogen (secondary N) is 1. The Morgan fingerprint density at radius 3 is 2.53 bits per heavy atom. The highest BCUT2D eigenvalue weighted by molar-refractivity contribution is 6.10. The number of benzene rings is 1. The standard InChI is InChI=1S/C28H30N4O4/c33-25-19-12-28(13-19,27(35)30-25)32-16-18-11-21(5-6-22(18)26(32)34)36-24-4-2-1-3-23(24)31-14-20(15-31)17-7-9-29-10-8-17/h5-11,19-20,23-24H,1-4,12-16H2,(H,30,33,35)/t19?,23-,24+,28?/m0/s1. The Labute approximate surface area is 210 Å². The highest BCUT2D eigenvalue weighted by atomic mass is 16.5. The molecular formula is C28H30N4O4. The Hall–Kier alpha value is -3.26. The highest BCUT2D eigenvalue weighted by Crippen LogP contribution is 2.49. The summed E-state index contributed by atoms with van der Waals surface area (Å²) >= 11 is 0. The first kappa shape index (κ1) is 22.0. The first-order valence-electron chi connectivity index (χ1n) is 13.1. The number of rotatable bonds is 5. The van der Waals surface area contributed by atoms with E-state index in [2.05, 4.69) is 27.3 Å². The van der Waals surface area contributed by atoms with E-state index in [1.54, 1.807) is 4.90 Å². The second-order valence-electron chi connectivity index (χ2n) is 11.1. The lowest BCUT2D eigenvalue weighted by Gasteiger charge is -2.53. The molecule has 3 saturated heterocycles. The van der Waals surface area contributed by atoms with Crippen LogP contribution in [0.15, 0.2) is 42.7 Å². The second kappa shape index (κ2) is 8.13. The number of likely N-dealkylation sites (tertiary alicyclic amines) is 1. The van der Waals surface area contributed by atoms with Crippen molar-refractivity contribution in [3.8, 4) is 5.75 Å². The van der Waals surface area contributed by atoms with Crippen LogP contribution in [0.3, 0.4) is 0 Å². The molecule has 5 heterocycles. The predicted molar refractivity (Wildman–Crippen MR) is 130 cm³/mol. The Bertz CT molecular complexity index is 1240. The van der Waals surface area contributed by atoms with Crippen molar-refractivity contribution in [3.05, 3.63) is 59.4 Å². The summed E-state index contributed by atoms with van der Waals surface area (Å²) in [6.45, 7) is 2.49. The highest BCUT2D eigenvalue weighted by Gasteiger charge is 2.63. The molecule has 8 nitrogen and oxygen atoms in total. The number of carbonyl (C=O) groups is 3. The maximum absolute atomic E-state index is 13.2. The van der Waals surface area contributed by atoms with E-state index in [-0.39, 0.29) is 29.7 Å². The molecule has 2 bridgehead atoms. The average Bonchev–Trinajstić information content (AvgIpc) is 3.15. The van der Waals surface area contributed by atoms with Gasteiger partial charge in [-0.1, -0.05) is 6.42 Å². The number of ether oxygens (including phenoxy) is 1. The van der Waals surface area contributed by atoms with Crippen LogP contribution in [0.4, 0.5) is 0 Å². The van der Waals surface area contributed by atoms with E-state index in [9.17, 15) is 14.4 Å². The van der Waals surface area contributed by atoms with E-state index in [1.165, 1.54) is 12.0 Å². The SMILES string of the molecule is O=C1NC(=O)C2(N3Cc4cc(O[C@@H]5CCCC[C@@H]5N5CC(c6ccncc6)C5)ccc4C3=O)CC1C2. The molecule has 1 aromatic carbocycles. The summed E-state index contributed by atoms with van der Waals surface area (Å²) in [4.78, 5) is 46.1. The van der Waals surface area contributed by atoms with Gasteiger partial charge in [0.2, 0.25) is 5.91 Å². The fourth-order valence-corrected chi connectivity index (χ4v) is 6.95. The van der Waals surface area contributed by atoms with E-state index in [0.717, 1.165) is 43.7 Å². The minimum atomic E-state index is -0.882. The summed E-state index contributed by atoms with van der Waals surface area (Å²) in [6.07, 6.45) is 9.29. The normalized spacial score (nSPS) is 31.9. The van der Waals surface area contributed by atoms with Crippen molar-refractivity contribution in [1.82, 2.24) is 20.1 Å². The fourth-order valence-electron chi connectivity index (χ4n) is 6.95. The zero-order chi connectivity index (χ0) is 24.4. The molecule has 0 spiro atoms. The van der Waals surface area contributed by atoms with Gasteiger partial charge in [-0.05, 0) is 73.6 Å². The van der Waals surface area contributed by atoms with Crippen LogP contribution in [-0.2, 0) is 16.1 Å². The maximum atomic E-state index is 13.2. The number of carbonyl (C=O) groups excluding carboxylic acids is 3. The quantitative estimate of drug-likeness (QED) is 0.654. The van der Waals surface area contributed by atoms with Gasteiger partial charge in [0.1, 0.15) is 17.4 Å². The van der Waals surface area contributed by atoms with Crippen LogP contribution in [0, 0.1) is 5.92 Å². The molecule has 2 atom stereocenters. The first-order chi connectivity index (χ1) is 17.5. The number of hydrogen-bond donors (Lipinski definition) is 1. The summed E-state index contributed by atoms with van der Waals surface area (Å²) in [5.41, 5.74) is 2.00. The Balaban J connectivity index is 1.04. The van der Waals surface area contributed by atoms with Crippen molar-refractivity contribution in [2.45, 2.75) is 68.7 Å². The summed E-state index contributed by atoms with van der Waals surface area (Å²) < 4.78 is 6.57. The Morgan fingerprint density at radius 2 is 1.75 bits per heavy atom. The predicted octanol–water partition coefficient (Wildman–Crippen LogP) is 2.63. The molecule has 2 aliphatic carbocycles. The molecule has 0 unspecified atom stereocenters. The molecule has 2 saturated carbocycles. The molecule has 0 radical (unpaired) electrons. The Morgan fingerprint density at radius 1 is 0.972 bits per heavy atom. The molecule has 5 fully saturated rings. The zero-order valence-corrected chi connectivity index (χ0v) is 20.2. The third kappa shape index (κ3) is 3.30. The number of imide groups is 1. The van der Waals surface area contributed by atoms with Gasteiger partial charge in [-0.15, -0.1) is 0 Å². The van der Waals surface area contributed by atoms with Gasteiger partial charge in [-0.25, -0.2) is 0 Å². The second-order valence-corrected chi connectivity index (χ2v) is 11.1. The summed E-state index contributed by atoms with van der Waals surface area (Å²) in [5, 5.41) is 2.45. The molecule has 6 aliphatic rings. The van der Waals surface area contributed by atoms with Crippen LogP contribution in [0.5, 0.6) is 5.75 Å². The van der Waals surface area contributed by atoms with Gasteiger partial charge < -0.3 is 9.64 Å². The van der Waals surface area contributed by atoms with Gasteiger partial charge >= 0.3 is 0 Å². The average molecular weight is 487 g/mol. The monoisotopic (exact) mass is 486 g/mol. The maximum Gasteiger partial charge on any atom is 0.255 e. The number of pyridine rings is 1. The molecular weight excluding hydrogens is 456 g/mol. The van der Waals surface area contributed by atoms with Crippen LogP contribution < -0.4 is 10.1 Å². The van der Waals surface area contributed by atoms with Crippen LogP contribution in [0.25, 0.3) is 0 Å². The number of fused-ring (bicyclic) bond motifs is 3. The van der Waals surface area contributed by atoms with Crippen LogP contribution in [-0.4, -0.2) is 63.3 Å². The van der Waals surface area contributed by atoms with Crippen molar-refractivity contribution in [3.63, 3.8) is 0 Å². The topological polar surface area (TPSA) is 91.8 Å². The third-order valence-electron chi connectivity index (χ3n) is 9.11. The van der Waals surface area contributed by atoms with Gasteiger partial charge in [0.05, 0.1) is 0 Å². The van der Waals surface area contributed by atoms with Gasteiger partial charge in [0.15, 0.2) is 0 Å². The molecule has 2 aromatic rings. The zero-order valence-electron chi connectivity index (χ0n) is 20.2. The van der Waals surface area contributed by atoms with Crippen molar-refractivity contribution < 1.29 is 19.1 Å².